The number of ether oxygens (including phenoxy) is 2. The Labute approximate surface area is 208 Å². The maximum atomic E-state index is 10.3. The molecule has 10 atom stereocenters. The lowest BCUT2D eigenvalue weighted by molar-refractivity contribution is -0.228. The van der Waals surface area contributed by atoms with Crippen LogP contribution in [0.15, 0.2) is 48.5 Å². The van der Waals surface area contributed by atoms with Crippen molar-refractivity contribution >= 4 is 0 Å². The number of aliphatic hydroxyl groups is 8. The maximum Gasteiger partial charge on any atom is 0.111 e. The molecular formula is C26H34O10. The molecule has 0 saturated carbocycles. The first-order valence-electron chi connectivity index (χ1n) is 12.0. The van der Waals surface area contributed by atoms with Crippen molar-refractivity contribution in [1.82, 2.24) is 0 Å². The highest BCUT2D eigenvalue weighted by molar-refractivity contribution is 5.64. The molecule has 0 amide bonds. The van der Waals surface area contributed by atoms with Gasteiger partial charge in [-0.2, -0.15) is 0 Å². The zero-order valence-corrected chi connectivity index (χ0v) is 19.6. The van der Waals surface area contributed by atoms with Gasteiger partial charge in [0.2, 0.25) is 0 Å². The van der Waals surface area contributed by atoms with Gasteiger partial charge in [-0.1, -0.05) is 48.5 Å². The Balaban J connectivity index is 1.38. The lowest BCUT2D eigenvalue weighted by Gasteiger charge is -2.40. The number of aliphatic hydroxyl groups excluding tert-OH is 8. The van der Waals surface area contributed by atoms with Gasteiger partial charge in [0.25, 0.3) is 0 Å². The minimum atomic E-state index is -1.40. The summed E-state index contributed by atoms with van der Waals surface area (Å²) in [5, 5.41) is 79.0. The van der Waals surface area contributed by atoms with Gasteiger partial charge in [-0.15, -0.1) is 0 Å². The van der Waals surface area contributed by atoms with Crippen molar-refractivity contribution in [3.63, 3.8) is 0 Å². The summed E-state index contributed by atoms with van der Waals surface area (Å²) in [4.78, 5) is 0. The first kappa shape index (κ1) is 27.1. The van der Waals surface area contributed by atoms with Crippen LogP contribution in [-0.2, 0) is 22.3 Å². The summed E-state index contributed by atoms with van der Waals surface area (Å²) in [5.74, 6) is 0. The molecule has 4 rings (SSSR count). The molecule has 2 heterocycles. The molecule has 2 aliphatic heterocycles. The largest absolute Gasteiger partial charge is 0.394 e. The van der Waals surface area contributed by atoms with Crippen molar-refractivity contribution in [1.29, 1.82) is 0 Å². The van der Waals surface area contributed by atoms with E-state index in [-0.39, 0.29) is 0 Å². The quantitative estimate of drug-likeness (QED) is 0.212. The highest BCUT2D eigenvalue weighted by Crippen LogP contribution is 2.27. The molecule has 0 spiro atoms. The van der Waals surface area contributed by atoms with Crippen molar-refractivity contribution in [2.45, 2.75) is 73.9 Å². The molecule has 198 valence electrons. The zero-order chi connectivity index (χ0) is 26.0. The first-order chi connectivity index (χ1) is 17.2. The van der Waals surface area contributed by atoms with Crippen LogP contribution in [0.5, 0.6) is 0 Å². The van der Waals surface area contributed by atoms with Gasteiger partial charge in [-0.3, -0.25) is 0 Å². The molecule has 2 fully saturated rings. The van der Waals surface area contributed by atoms with Crippen LogP contribution in [0, 0.1) is 0 Å². The Morgan fingerprint density at radius 2 is 0.750 bits per heavy atom. The molecule has 0 bridgehead atoms. The second-order valence-electron chi connectivity index (χ2n) is 9.54. The highest BCUT2D eigenvalue weighted by Gasteiger charge is 2.44. The standard InChI is InChI=1S/C26H34O10/c27-11-19-23(31)25(33)21(29)17(35-19)9-13-1-5-15(6-2-13)16-7-3-14(4-8-16)10-18-22(30)26(34)24(32)20(12-28)36-18/h1-8,17-34H,9-12H2. The molecule has 2 aliphatic rings. The Morgan fingerprint density at radius 3 is 1.06 bits per heavy atom. The topological polar surface area (TPSA) is 180 Å². The molecule has 2 aromatic carbocycles. The van der Waals surface area contributed by atoms with Gasteiger partial charge in [0.1, 0.15) is 48.8 Å². The fraction of sp³-hybridized carbons (Fsp3) is 0.538. The van der Waals surface area contributed by atoms with Crippen molar-refractivity contribution < 1.29 is 50.3 Å². The Kier molecular flexibility index (Phi) is 8.74. The normalized spacial score (nSPS) is 37.1. The van der Waals surface area contributed by atoms with Crippen LogP contribution in [0.4, 0.5) is 0 Å². The van der Waals surface area contributed by atoms with Crippen LogP contribution in [0.1, 0.15) is 11.1 Å². The molecule has 0 aromatic heterocycles. The summed E-state index contributed by atoms with van der Waals surface area (Å²) in [6, 6.07) is 15.1. The average Bonchev–Trinajstić information content (AvgIpc) is 2.90. The third-order valence-corrected chi connectivity index (χ3v) is 7.10. The van der Waals surface area contributed by atoms with Crippen molar-refractivity contribution in [3.8, 4) is 11.1 Å². The Hall–Kier alpha value is -1.96. The number of hydrogen-bond donors (Lipinski definition) is 8. The van der Waals surface area contributed by atoms with Gasteiger partial charge in [0, 0.05) is 12.8 Å². The number of benzene rings is 2. The summed E-state index contributed by atoms with van der Waals surface area (Å²) in [6.07, 6.45) is -11.0. The lowest BCUT2D eigenvalue weighted by atomic mass is 9.90. The van der Waals surface area contributed by atoms with Gasteiger partial charge < -0.3 is 50.3 Å². The van der Waals surface area contributed by atoms with Crippen LogP contribution in [0.3, 0.4) is 0 Å². The maximum absolute atomic E-state index is 10.3. The molecule has 0 radical (unpaired) electrons. The van der Waals surface area contributed by atoms with E-state index in [4.69, 9.17) is 9.47 Å². The molecule has 0 aliphatic carbocycles. The summed E-state index contributed by atoms with van der Waals surface area (Å²) >= 11 is 0. The monoisotopic (exact) mass is 506 g/mol. The van der Waals surface area contributed by atoms with E-state index in [9.17, 15) is 40.9 Å². The van der Waals surface area contributed by atoms with Crippen molar-refractivity contribution in [3.05, 3.63) is 59.7 Å². The highest BCUT2D eigenvalue weighted by atomic mass is 16.5. The van der Waals surface area contributed by atoms with E-state index in [0.717, 1.165) is 22.3 Å². The van der Waals surface area contributed by atoms with Gasteiger partial charge >= 0.3 is 0 Å². The van der Waals surface area contributed by atoms with Gasteiger partial charge in [0.15, 0.2) is 0 Å². The van der Waals surface area contributed by atoms with Crippen LogP contribution in [-0.4, -0.2) is 115 Å². The molecular weight excluding hydrogens is 472 g/mol. The Bertz CT molecular complexity index is 884. The van der Waals surface area contributed by atoms with Crippen LogP contribution >= 0.6 is 0 Å². The predicted molar refractivity (Wildman–Crippen MR) is 127 cm³/mol. The second-order valence-corrected chi connectivity index (χ2v) is 9.54. The predicted octanol–water partition coefficient (Wildman–Crippen LogP) is -1.88. The molecule has 10 nitrogen and oxygen atoms in total. The van der Waals surface area contributed by atoms with E-state index < -0.39 is 74.3 Å². The summed E-state index contributed by atoms with van der Waals surface area (Å²) < 4.78 is 11.2. The van der Waals surface area contributed by atoms with E-state index in [0.29, 0.717) is 12.8 Å². The third-order valence-electron chi connectivity index (χ3n) is 7.10. The number of hydrogen-bond acceptors (Lipinski definition) is 10. The molecule has 36 heavy (non-hydrogen) atoms. The smallest absolute Gasteiger partial charge is 0.111 e. The van der Waals surface area contributed by atoms with Gasteiger partial charge in [-0.05, 0) is 22.3 Å². The van der Waals surface area contributed by atoms with E-state index >= 15 is 0 Å². The van der Waals surface area contributed by atoms with Gasteiger partial charge in [0.05, 0.1) is 25.4 Å². The van der Waals surface area contributed by atoms with Crippen LogP contribution in [0.2, 0.25) is 0 Å². The minimum absolute atomic E-state index is 0.291. The first-order valence-corrected chi connectivity index (χ1v) is 12.0. The van der Waals surface area contributed by atoms with Gasteiger partial charge in [-0.25, -0.2) is 0 Å². The summed E-state index contributed by atoms with van der Waals surface area (Å²) in [7, 11) is 0. The SMILES string of the molecule is OCC1OC(Cc2ccc(-c3ccc(CC4OC(CO)C(O)C(O)C4O)cc3)cc2)C(O)C(O)C1O. The van der Waals surface area contributed by atoms with E-state index in [2.05, 4.69) is 0 Å². The average molecular weight is 507 g/mol. The summed E-state index contributed by atoms with van der Waals surface area (Å²) in [5.41, 5.74) is 3.57. The van der Waals surface area contributed by atoms with E-state index in [1.807, 2.05) is 48.5 Å². The Morgan fingerprint density at radius 1 is 0.444 bits per heavy atom. The van der Waals surface area contributed by atoms with Crippen molar-refractivity contribution in [2.75, 3.05) is 13.2 Å². The summed E-state index contributed by atoms with van der Waals surface area (Å²) in [6.45, 7) is -0.931. The zero-order valence-electron chi connectivity index (χ0n) is 19.6. The minimum Gasteiger partial charge on any atom is -0.394 e. The van der Waals surface area contributed by atoms with Crippen molar-refractivity contribution in [2.24, 2.45) is 0 Å². The van der Waals surface area contributed by atoms with Crippen LogP contribution < -0.4 is 0 Å². The second kappa shape index (κ2) is 11.6. The molecule has 10 heteroatoms. The third kappa shape index (κ3) is 5.63. The fourth-order valence-corrected chi connectivity index (χ4v) is 4.83. The molecule has 2 saturated heterocycles. The molecule has 2 aromatic rings. The number of rotatable bonds is 7. The van der Waals surface area contributed by atoms with E-state index in [1.54, 1.807) is 0 Å². The fourth-order valence-electron chi connectivity index (χ4n) is 4.83. The van der Waals surface area contributed by atoms with Crippen LogP contribution in [0.25, 0.3) is 11.1 Å². The molecule has 10 unspecified atom stereocenters. The van der Waals surface area contributed by atoms with E-state index in [1.165, 1.54) is 0 Å². The lowest BCUT2D eigenvalue weighted by Crippen LogP contribution is -2.59. The molecule has 8 N–H and O–H groups in total.